The van der Waals surface area contributed by atoms with Gasteiger partial charge in [0, 0.05) is 12.0 Å². The zero-order chi connectivity index (χ0) is 16.7. The molecule has 0 saturated carbocycles. The van der Waals surface area contributed by atoms with E-state index in [0.29, 0.717) is 17.7 Å². The number of carbonyl (C=O) groups is 1. The van der Waals surface area contributed by atoms with Crippen LogP contribution in [0.4, 0.5) is 13.2 Å². The number of Topliss-reactive ketones (excluding diaryl/α,β-unsaturated/α-hetero) is 1. The Morgan fingerprint density at radius 1 is 1.32 bits per heavy atom. The summed E-state index contributed by atoms with van der Waals surface area (Å²) < 4.78 is 47.9. The zero-order valence-corrected chi connectivity index (χ0v) is 12.6. The standard InChI is InChI=1S/C15H18F3NO3/c1-4-9-11(19)13(12(9)20)22-14(2,3)7-8-5-6-10(21-8)15(16,17)18/h5-6,13H,4,7,19H2,1-3H3. The van der Waals surface area contributed by atoms with Crippen molar-refractivity contribution in [3.05, 3.63) is 34.9 Å². The van der Waals surface area contributed by atoms with E-state index in [1.165, 1.54) is 6.07 Å². The summed E-state index contributed by atoms with van der Waals surface area (Å²) in [6, 6.07) is 2.14. The Balaban J connectivity index is 2.05. The highest BCUT2D eigenvalue weighted by molar-refractivity contribution is 6.08. The van der Waals surface area contributed by atoms with Gasteiger partial charge >= 0.3 is 6.18 Å². The fourth-order valence-electron chi connectivity index (χ4n) is 2.42. The van der Waals surface area contributed by atoms with Gasteiger partial charge in [-0.25, -0.2) is 0 Å². The molecule has 0 amide bonds. The lowest BCUT2D eigenvalue weighted by Gasteiger charge is -2.35. The van der Waals surface area contributed by atoms with E-state index in [1.807, 2.05) is 6.92 Å². The van der Waals surface area contributed by atoms with Crippen LogP contribution in [-0.4, -0.2) is 17.5 Å². The van der Waals surface area contributed by atoms with E-state index in [9.17, 15) is 18.0 Å². The third kappa shape index (κ3) is 3.19. The highest BCUT2D eigenvalue weighted by Crippen LogP contribution is 2.34. The third-order valence-corrected chi connectivity index (χ3v) is 3.50. The first kappa shape index (κ1) is 16.6. The van der Waals surface area contributed by atoms with Gasteiger partial charge in [-0.2, -0.15) is 13.2 Å². The molecule has 22 heavy (non-hydrogen) atoms. The smallest absolute Gasteiger partial charge is 0.449 e. The van der Waals surface area contributed by atoms with E-state index in [4.69, 9.17) is 14.9 Å². The van der Waals surface area contributed by atoms with Crippen molar-refractivity contribution in [3.63, 3.8) is 0 Å². The molecular weight excluding hydrogens is 299 g/mol. The van der Waals surface area contributed by atoms with Crippen LogP contribution in [0.25, 0.3) is 0 Å². The van der Waals surface area contributed by atoms with Crippen molar-refractivity contribution >= 4 is 5.78 Å². The van der Waals surface area contributed by atoms with Crippen molar-refractivity contribution in [2.45, 2.75) is 51.5 Å². The van der Waals surface area contributed by atoms with Crippen LogP contribution in [0.2, 0.25) is 0 Å². The molecule has 2 rings (SSSR count). The van der Waals surface area contributed by atoms with Crippen LogP contribution < -0.4 is 5.73 Å². The van der Waals surface area contributed by atoms with Crippen LogP contribution in [-0.2, 0) is 22.1 Å². The quantitative estimate of drug-likeness (QED) is 0.905. The second kappa shape index (κ2) is 5.46. The number of ether oxygens (including phenoxy) is 1. The van der Waals surface area contributed by atoms with Crippen LogP contribution in [0.3, 0.4) is 0 Å². The summed E-state index contributed by atoms with van der Waals surface area (Å²) in [6.07, 6.45) is -4.70. The summed E-state index contributed by atoms with van der Waals surface area (Å²) in [6.45, 7) is 5.17. The van der Waals surface area contributed by atoms with E-state index in [1.54, 1.807) is 13.8 Å². The summed E-state index contributed by atoms with van der Waals surface area (Å²) in [5.41, 5.74) is 5.86. The molecule has 7 heteroatoms. The fraction of sp³-hybridized carbons (Fsp3) is 0.533. The average Bonchev–Trinajstić information content (AvgIpc) is 2.84. The molecule has 1 aliphatic carbocycles. The van der Waals surface area contributed by atoms with Gasteiger partial charge in [-0.1, -0.05) is 6.92 Å². The first-order valence-electron chi connectivity index (χ1n) is 6.91. The SMILES string of the molecule is CCC1=C(N)C(OC(C)(C)Cc2ccc(C(F)(F)F)o2)C1=O. The lowest BCUT2D eigenvalue weighted by molar-refractivity contribution is -0.154. The maximum Gasteiger partial charge on any atom is 0.449 e. The Bertz CT molecular complexity index is 614. The Morgan fingerprint density at radius 2 is 1.95 bits per heavy atom. The summed E-state index contributed by atoms with van der Waals surface area (Å²) in [5.74, 6) is -1.07. The molecule has 1 aliphatic rings. The molecule has 1 heterocycles. The molecule has 0 saturated heterocycles. The maximum absolute atomic E-state index is 12.5. The Kier molecular flexibility index (Phi) is 4.12. The van der Waals surface area contributed by atoms with E-state index in [2.05, 4.69) is 0 Å². The zero-order valence-electron chi connectivity index (χ0n) is 12.6. The molecule has 0 spiro atoms. The molecule has 1 unspecified atom stereocenters. The van der Waals surface area contributed by atoms with Crippen molar-refractivity contribution < 1.29 is 27.1 Å². The van der Waals surface area contributed by atoms with Crippen LogP contribution in [0.15, 0.2) is 27.8 Å². The third-order valence-electron chi connectivity index (χ3n) is 3.50. The van der Waals surface area contributed by atoms with Crippen LogP contribution >= 0.6 is 0 Å². The van der Waals surface area contributed by atoms with Crippen LogP contribution in [0, 0.1) is 0 Å². The Morgan fingerprint density at radius 3 is 2.41 bits per heavy atom. The number of nitrogens with two attached hydrogens (primary N) is 1. The Labute approximate surface area is 126 Å². The van der Waals surface area contributed by atoms with Gasteiger partial charge in [0.05, 0.1) is 11.3 Å². The van der Waals surface area contributed by atoms with Gasteiger partial charge in [-0.15, -0.1) is 0 Å². The second-order valence-electron chi connectivity index (χ2n) is 5.85. The van der Waals surface area contributed by atoms with E-state index in [0.717, 1.165) is 6.07 Å². The molecule has 2 N–H and O–H groups in total. The minimum absolute atomic E-state index is 0.0988. The van der Waals surface area contributed by atoms with Gasteiger partial charge in [0.1, 0.15) is 5.76 Å². The highest BCUT2D eigenvalue weighted by Gasteiger charge is 2.41. The molecule has 1 atom stereocenters. The van der Waals surface area contributed by atoms with Gasteiger partial charge < -0.3 is 14.9 Å². The Hall–Kier alpha value is -1.76. The van der Waals surface area contributed by atoms with Gasteiger partial charge in [0.2, 0.25) is 5.76 Å². The number of hydrogen-bond acceptors (Lipinski definition) is 4. The minimum Gasteiger partial charge on any atom is -0.456 e. The second-order valence-corrected chi connectivity index (χ2v) is 5.85. The highest BCUT2D eigenvalue weighted by atomic mass is 19.4. The first-order chi connectivity index (χ1) is 10.0. The van der Waals surface area contributed by atoms with Crippen LogP contribution in [0.5, 0.6) is 0 Å². The minimum atomic E-state index is -4.52. The van der Waals surface area contributed by atoms with Gasteiger partial charge in [0.25, 0.3) is 0 Å². The summed E-state index contributed by atoms with van der Waals surface area (Å²) >= 11 is 0. The van der Waals surface area contributed by atoms with Crippen molar-refractivity contribution in [1.82, 2.24) is 0 Å². The monoisotopic (exact) mass is 317 g/mol. The number of rotatable bonds is 5. The molecule has 122 valence electrons. The fourth-order valence-corrected chi connectivity index (χ4v) is 2.42. The van der Waals surface area contributed by atoms with Crippen molar-refractivity contribution in [1.29, 1.82) is 0 Å². The topological polar surface area (TPSA) is 65.5 Å². The molecule has 0 aromatic carbocycles. The molecule has 0 bridgehead atoms. The van der Waals surface area contributed by atoms with E-state index < -0.39 is 23.6 Å². The predicted octanol–water partition coefficient (Wildman–Crippen LogP) is 3.21. The lowest BCUT2D eigenvalue weighted by Crippen LogP contribution is -2.47. The molecule has 0 fully saturated rings. The van der Waals surface area contributed by atoms with Crippen LogP contribution in [0.1, 0.15) is 38.7 Å². The van der Waals surface area contributed by atoms with Crippen molar-refractivity contribution in [2.24, 2.45) is 5.73 Å². The number of furan rings is 1. The molecule has 0 radical (unpaired) electrons. The van der Waals surface area contributed by atoms with E-state index >= 15 is 0 Å². The molecule has 0 aliphatic heterocycles. The van der Waals surface area contributed by atoms with Crippen molar-refractivity contribution in [3.8, 4) is 0 Å². The van der Waals surface area contributed by atoms with Crippen molar-refractivity contribution in [2.75, 3.05) is 0 Å². The maximum atomic E-state index is 12.5. The molecule has 4 nitrogen and oxygen atoms in total. The molecule has 1 aromatic heterocycles. The summed E-state index contributed by atoms with van der Waals surface area (Å²) in [7, 11) is 0. The first-order valence-corrected chi connectivity index (χ1v) is 6.91. The number of carbonyl (C=O) groups excluding carboxylic acids is 1. The lowest BCUT2D eigenvalue weighted by atomic mass is 9.87. The van der Waals surface area contributed by atoms with Gasteiger partial charge in [-0.05, 0) is 32.4 Å². The van der Waals surface area contributed by atoms with Gasteiger partial charge in [0.15, 0.2) is 11.9 Å². The van der Waals surface area contributed by atoms with E-state index in [-0.39, 0.29) is 18.0 Å². The number of hydrogen-bond donors (Lipinski definition) is 1. The molecule has 1 aromatic rings. The average molecular weight is 317 g/mol. The number of alkyl halides is 3. The summed E-state index contributed by atoms with van der Waals surface area (Å²) in [5, 5.41) is 0. The summed E-state index contributed by atoms with van der Waals surface area (Å²) in [4.78, 5) is 11.8. The number of halogens is 3. The molecular formula is C15H18F3NO3. The predicted molar refractivity (Wildman–Crippen MR) is 72.9 cm³/mol. The number of ketones is 1. The largest absolute Gasteiger partial charge is 0.456 e. The van der Waals surface area contributed by atoms with Gasteiger partial charge in [-0.3, -0.25) is 4.79 Å². The normalized spacial score (nSPS) is 19.5.